The van der Waals surface area contributed by atoms with E-state index in [1.165, 1.54) is 12.1 Å². The summed E-state index contributed by atoms with van der Waals surface area (Å²) >= 11 is 0. The van der Waals surface area contributed by atoms with Crippen molar-refractivity contribution in [3.63, 3.8) is 0 Å². The van der Waals surface area contributed by atoms with Crippen LogP contribution in [0.4, 0.5) is 5.69 Å². The number of nitrogens with zero attached hydrogens (tertiary/aromatic N) is 2. The third-order valence-corrected chi connectivity index (χ3v) is 8.33. The van der Waals surface area contributed by atoms with E-state index in [9.17, 15) is 16.8 Å². The number of rotatable bonds is 6. The average Bonchev–Trinajstić information content (AvgIpc) is 3.24. The lowest BCUT2D eigenvalue weighted by molar-refractivity contribution is 0.555. The molecule has 13 heteroatoms. The summed E-state index contributed by atoms with van der Waals surface area (Å²) in [5.41, 5.74) is 7.78. The van der Waals surface area contributed by atoms with Gasteiger partial charge in [0.05, 0.1) is 17.8 Å². The van der Waals surface area contributed by atoms with Gasteiger partial charge < -0.3 is 16.0 Å². The minimum atomic E-state index is -4.55. The van der Waals surface area contributed by atoms with Crippen molar-refractivity contribution in [3.8, 4) is 0 Å². The number of hydrogen-bond acceptors (Lipinski definition) is 8. The summed E-state index contributed by atoms with van der Waals surface area (Å²) in [6.45, 7) is 1.96. The highest BCUT2D eigenvalue weighted by atomic mass is 32.2. The van der Waals surface area contributed by atoms with E-state index in [2.05, 4.69) is 15.0 Å². The third kappa shape index (κ3) is 4.34. The van der Waals surface area contributed by atoms with E-state index < -0.39 is 35.7 Å². The summed E-state index contributed by atoms with van der Waals surface area (Å²) in [5.74, 6) is -0.588. The number of primary sulfonamides is 1. The summed E-state index contributed by atoms with van der Waals surface area (Å²) in [6, 6.07) is 6.13. The minimum Gasteiger partial charge on any atom is -0.384 e. The van der Waals surface area contributed by atoms with Gasteiger partial charge in [0, 0.05) is 31.0 Å². The van der Waals surface area contributed by atoms with Gasteiger partial charge in [-0.25, -0.2) is 26.7 Å². The molecule has 2 aromatic rings. The Bertz CT molecular complexity index is 1270. The molecule has 1 fully saturated rings. The number of fused-ring (bicyclic) bond motifs is 1. The number of nitrogens with two attached hydrogens (primary N) is 2. The first kappa shape index (κ1) is 22.6. The maximum atomic E-state index is 13.1. The summed E-state index contributed by atoms with van der Waals surface area (Å²) in [4.78, 5) is 5.01. The molecule has 0 amide bonds. The molecule has 1 aromatic heterocycles. The quantitative estimate of drug-likeness (QED) is 0.264. The standard InChI is InChI=1S/C19H25N7O4S2/c20-19(21)17-15(26-9-6-12-2-1-7-24-14(12)11-26)3-4-16(18(17)31(22,27)28)32(29,30)25-13-5-8-23-10-13/h1-4,7,13,23,25H,5-6,8-11H2,(H3,20,21)(H2,22,27,28). The fourth-order valence-corrected chi connectivity index (χ4v) is 7.06. The molecule has 1 aromatic carbocycles. The van der Waals surface area contributed by atoms with Crippen LogP contribution in [0.15, 0.2) is 40.3 Å². The Morgan fingerprint density at radius 1 is 1.25 bits per heavy atom. The highest BCUT2D eigenvalue weighted by Crippen LogP contribution is 2.34. The Morgan fingerprint density at radius 3 is 2.69 bits per heavy atom. The molecule has 0 radical (unpaired) electrons. The maximum Gasteiger partial charge on any atom is 0.242 e. The molecule has 32 heavy (non-hydrogen) atoms. The van der Waals surface area contributed by atoms with Crippen molar-refractivity contribution in [2.45, 2.75) is 35.2 Å². The summed E-state index contributed by atoms with van der Waals surface area (Å²) in [6.07, 6.45) is 2.90. The molecule has 2 aliphatic heterocycles. The molecule has 0 spiro atoms. The lowest BCUT2D eigenvalue weighted by atomic mass is 10.0. The molecule has 1 saturated heterocycles. The largest absolute Gasteiger partial charge is 0.384 e. The van der Waals surface area contributed by atoms with Crippen molar-refractivity contribution in [2.24, 2.45) is 10.9 Å². The van der Waals surface area contributed by atoms with E-state index in [4.69, 9.17) is 16.3 Å². The van der Waals surface area contributed by atoms with E-state index in [1.54, 1.807) is 6.20 Å². The fourth-order valence-electron chi connectivity index (χ4n) is 4.17. The Labute approximate surface area is 186 Å². The van der Waals surface area contributed by atoms with Crippen LogP contribution < -0.4 is 25.8 Å². The van der Waals surface area contributed by atoms with E-state index in [0.29, 0.717) is 44.7 Å². The molecule has 0 bridgehead atoms. The lowest BCUT2D eigenvalue weighted by Crippen LogP contribution is -2.38. The zero-order valence-corrected chi connectivity index (χ0v) is 18.8. The predicted molar refractivity (Wildman–Crippen MR) is 119 cm³/mol. The molecule has 7 N–H and O–H groups in total. The number of amidine groups is 1. The molecule has 3 heterocycles. The molecule has 2 aliphatic rings. The van der Waals surface area contributed by atoms with Crippen LogP contribution in [0.2, 0.25) is 0 Å². The van der Waals surface area contributed by atoms with Crippen LogP contribution in [0, 0.1) is 5.41 Å². The molecule has 172 valence electrons. The lowest BCUT2D eigenvalue weighted by Gasteiger charge is -2.32. The zero-order valence-electron chi connectivity index (χ0n) is 17.2. The second-order valence-electron chi connectivity index (χ2n) is 7.84. The molecule has 4 rings (SSSR count). The van der Waals surface area contributed by atoms with Crippen LogP contribution in [0.25, 0.3) is 0 Å². The Hall–Kier alpha value is -2.58. The van der Waals surface area contributed by atoms with Gasteiger partial charge in [0.1, 0.15) is 15.6 Å². The van der Waals surface area contributed by atoms with Crippen LogP contribution in [0.3, 0.4) is 0 Å². The zero-order chi connectivity index (χ0) is 23.1. The number of aromatic nitrogens is 1. The first-order valence-electron chi connectivity index (χ1n) is 10.0. The third-order valence-electron chi connectivity index (χ3n) is 5.64. The SMILES string of the molecule is N=C(N)c1c(N2CCc3cccnc3C2)ccc(S(=O)(=O)NC2CCNC2)c1S(N)(=O)=O. The van der Waals surface area contributed by atoms with Gasteiger partial charge in [0.15, 0.2) is 0 Å². The van der Waals surface area contributed by atoms with Crippen molar-refractivity contribution >= 4 is 31.6 Å². The molecule has 1 unspecified atom stereocenters. The first-order valence-corrected chi connectivity index (χ1v) is 13.1. The van der Waals surface area contributed by atoms with Crippen LogP contribution >= 0.6 is 0 Å². The topological polar surface area (TPSA) is 184 Å². The van der Waals surface area contributed by atoms with E-state index in [0.717, 1.165) is 11.3 Å². The van der Waals surface area contributed by atoms with Crippen LogP contribution in [0.1, 0.15) is 23.2 Å². The van der Waals surface area contributed by atoms with Crippen LogP contribution in [-0.2, 0) is 33.0 Å². The summed E-state index contributed by atoms with van der Waals surface area (Å²) in [5, 5.41) is 16.6. The normalized spacial score (nSPS) is 19.0. The number of nitrogen functional groups attached to an aromatic ring is 1. The van der Waals surface area contributed by atoms with Gasteiger partial charge in [-0.1, -0.05) is 6.07 Å². The average molecular weight is 480 g/mol. The molecule has 1 atom stereocenters. The summed E-state index contributed by atoms with van der Waals surface area (Å²) < 4.78 is 53.9. The monoisotopic (exact) mass is 479 g/mol. The van der Waals surface area contributed by atoms with Gasteiger partial charge in [0.25, 0.3) is 0 Å². The second kappa shape index (κ2) is 8.41. The minimum absolute atomic E-state index is 0.223. The molecule has 0 saturated carbocycles. The molecular weight excluding hydrogens is 454 g/mol. The Morgan fingerprint density at radius 2 is 2.03 bits per heavy atom. The van der Waals surface area contributed by atoms with Crippen molar-refractivity contribution < 1.29 is 16.8 Å². The number of anilines is 1. The first-order chi connectivity index (χ1) is 15.1. The van der Waals surface area contributed by atoms with Crippen molar-refractivity contribution in [3.05, 3.63) is 47.3 Å². The fraction of sp³-hybridized carbons (Fsp3) is 0.368. The van der Waals surface area contributed by atoms with Crippen molar-refractivity contribution in [1.29, 1.82) is 5.41 Å². The molecule has 11 nitrogen and oxygen atoms in total. The number of sulfonamides is 2. The van der Waals surface area contributed by atoms with E-state index in [-0.39, 0.29) is 11.6 Å². The van der Waals surface area contributed by atoms with Gasteiger partial charge in [0.2, 0.25) is 20.0 Å². The smallest absolute Gasteiger partial charge is 0.242 e. The van der Waals surface area contributed by atoms with Gasteiger partial charge in [-0.15, -0.1) is 0 Å². The van der Waals surface area contributed by atoms with Gasteiger partial charge in [-0.2, -0.15) is 0 Å². The second-order valence-corrected chi connectivity index (χ2v) is 11.0. The number of benzene rings is 1. The van der Waals surface area contributed by atoms with Gasteiger partial charge >= 0.3 is 0 Å². The molecular formula is C19H25N7O4S2. The van der Waals surface area contributed by atoms with Crippen LogP contribution in [0.5, 0.6) is 0 Å². The van der Waals surface area contributed by atoms with Crippen molar-refractivity contribution in [2.75, 3.05) is 24.5 Å². The maximum absolute atomic E-state index is 13.1. The van der Waals surface area contributed by atoms with E-state index >= 15 is 0 Å². The number of hydrogen-bond donors (Lipinski definition) is 5. The molecule has 0 aliphatic carbocycles. The highest BCUT2D eigenvalue weighted by molar-refractivity contribution is 7.92. The predicted octanol–water partition coefficient (Wildman–Crippen LogP) is -0.784. The van der Waals surface area contributed by atoms with Crippen molar-refractivity contribution in [1.82, 2.24) is 15.0 Å². The van der Waals surface area contributed by atoms with Gasteiger partial charge in [-0.3, -0.25) is 10.4 Å². The summed E-state index contributed by atoms with van der Waals surface area (Å²) in [7, 11) is -8.79. The highest BCUT2D eigenvalue weighted by Gasteiger charge is 2.34. The number of pyridine rings is 1. The Balaban J connectivity index is 1.84. The van der Waals surface area contributed by atoms with Gasteiger partial charge in [-0.05, 0) is 43.1 Å². The Kier molecular flexibility index (Phi) is 5.94. The van der Waals surface area contributed by atoms with Crippen LogP contribution in [-0.4, -0.2) is 53.3 Å². The number of nitrogens with one attached hydrogen (secondary N) is 3. The van der Waals surface area contributed by atoms with E-state index in [1.807, 2.05) is 17.0 Å².